The molecule has 3 heteroatoms. The quantitative estimate of drug-likeness (QED) is 0.516. The highest BCUT2D eigenvalue weighted by atomic mass is 16.4. The van der Waals surface area contributed by atoms with Gasteiger partial charge in [-0.2, -0.15) is 0 Å². The van der Waals surface area contributed by atoms with Crippen molar-refractivity contribution in [2.45, 2.75) is 6.42 Å². The van der Waals surface area contributed by atoms with E-state index in [2.05, 4.69) is 4.98 Å². The predicted octanol–water partition coefficient (Wildman–Crippen LogP) is 1.03. The predicted molar refractivity (Wildman–Crippen MR) is 39.6 cm³/mol. The van der Waals surface area contributed by atoms with Gasteiger partial charge in [0.05, 0.1) is 5.52 Å². The van der Waals surface area contributed by atoms with Crippen molar-refractivity contribution in [3.8, 4) is 0 Å². The average Bonchev–Trinajstić information content (AvgIpc) is 2.57. The number of aromatic nitrogens is 1. The van der Waals surface area contributed by atoms with Gasteiger partial charge in [-0.3, -0.25) is 4.98 Å². The molecule has 1 aliphatic rings. The molecular weight excluding hydrogens is 142 g/mol. The van der Waals surface area contributed by atoms with Crippen LogP contribution in [0, 0.1) is 0 Å². The van der Waals surface area contributed by atoms with Gasteiger partial charge in [0.1, 0.15) is 0 Å². The van der Waals surface area contributed by atoms with Crippen molar-refractivity contribution in [3.05, 3.63) is 33.8 Å². The van der Waals surface area contributed by atoms with Crippen LogP contribution >= 0.6 is 0 Å². The van der Waals surface area contributed by atoms with Gasteiger partial charge in [0.25, 0.3) is 0 Å². The summed E-state index contributed by atoms with van der Waals surface area (Å²) in [6.45, 7) is 0. The lowest BCUT2D eigenvalue weighted by molar-refractivity contribution is 0.555. The third-order valence-electron chi connectivity index (χ3n) is 2.00. The van der Waals surface area contributed by atoms with Gasteiger partial charge in [-0.25, -0.2) is 4.79 Å². The first kappa shape index (κ1) is 5.18. The molecule has 0 radical (unpaired) electrons. The lowest BCUT2D eigenvalue weighted by Crippen LogP contribution is -1.92. The summed E-state index contributed by atoms with van der Waals surface area (Å²) < 4.78 is 4.87. The van der Waals surface area contributed by atoms with Crippen LogP contribution in [-0.2, 0) is 6.42 Å². The molecule has 1 N–H and O–H groups in total. The number of fused-ring (bicyclic) bond motifs is 2. The number of rotatable bonds is 0. The molecule has 0 unspecified atom stereocenters. The summed E-state index contributed by atoms with van der Waals surface area (Å²) >= 11 is 0. The van der Waals surface area contributed by atoms with Crippen LogP contribution in [0.1, 0.15) is 11.1 Å². The van der Waals surface area contributed by atoms with Crippen molar-refractivity contribution < 1.29 is 4.42 Å². The molecule has 1 heterocycles. The van der Waals surface area contributed by atoms with Crippen LogP contribution in [0.25, 0.3) is 11.1 Å². The average molecular weight is 147 g/mol. The molecule has 0 saturated heterocycles. The first-order valence-electron chi connectivity index (χ1n) is 3.47. The number of nitrogens with one attached hydrogen (secondary N) is 1. The Hall–Kier alpha value is -1.51. The molecule has 1 aliphatic carbocycles. The molecular formula is C8H5NO2. The Morgan fingerprint density at radius 1 is 1.36 bits per heavy atom. The Labute approximate surface area is 61.6 Å². The minimum absolute atomic E-state index is 0.370. The molecule has 0 atom stereocenters. The summed E-state index contributed by atoms with van der Waals surface area (Å²) in [5.41, 5.74) is 4.09. The molecule has 54 valence electrons. The highest BCUT2D eigenvalue weighted by Gasteiger charge is 2.18. The number of aromatic amines is 1. The zero-order valence-corrected chi connectivity index (χ0v) is 5.68. The molecule has 0 fully saturated rings. The van der Waals surface area contributed by atoms with E-state index in [4.69, 9.17) is 4.42 Å². The molecule has 1 aromatic carbocycles. The third-order valence-corrected chi connectivity index (χ3v) is 2.00. The van der Waals surface area contributed by atoms with Gasteiger partial charge in [0.15, 0.2) is 5.58 Å². The Morgan fingerprint density at radius 3 is 3.09 bits per heavy atom. The zero-order chi connectivity index (χ0) is 7.42. The van der Waals surface area contributed by atoms with E-state index in [-0.39, 0.29) is 5.76 Å². The minimum Gasteiger partial charge on any atom is -0.408 e. The summed E-state index contributed by atoms with van der Waals surface area (Å²) in [5, 5.41) is 0. The molecule has 11 heavy (non-hydrogen) atoms. The highest BCUT2D eigenvalue weighted by molar-refractivity contribution is 5.77. The van der Waals surface area contributed by atoms with E-state index in [1.807, 2.05) is 12.1 Å². The maximum atomic E-state index is 10.7. The largest absolute Gasteiger partial charge is 0.417 e. The van der Waals surface area contributed by atoms with Crippen molar-refractivity contribution in [3.63, 3.8) is 0 Å². The van der Waals surface area contributed by atoms with Crippen LogP contribution in [0.5, 0.6) is 0 Å². The summed E-state index contributed by atoms with van der Waals surface area (Å²) in [5.74, 6) is -0.370. The van der Waals surface area contributed by atoms with E-state index in [9.17, 15) is 4.79 Å². The smallest absolute Gasteiger partial charge is 0.408 e. The molecule has 3 rings (SSSR count). The van der Waals surface area contributed by atoms with Crippen LogP contribution < -0.4 is 5.76 Å². The second-order valence-corrected chi connectivity index (χ2v) is 2.81. The van der Waals surface area contributed by atoms with E-state index >= 15 is 0 Å². The number of H-pyrrole nitrogens is 1. The molecule has 0 amide bonds. The summed E-state index contributed by atoms with van der Waals surface area (Å²) in [4.78, 5) is 13.3. The van der Waals surface area contributed by atoms with Gasteiger partial charge >= 0.3 is 5.76 Å². The van der Waals surface area contributed by atoms with E-state index in [0.717, 1.165) is 11.9 Å². The topological polar surface area (TPSA) is 46.0 Å². The van der Waals surface area contributed by atoms with Crippen LogP contribution in [-0.4, -0.2) is 4.98 Å². The Kier molecular flexibility index (Phi) is 0.656. The molecule has 2 aromatic rings. The maximum absolute atomic E-state index is 10.7. The van der Waals surface area contributed by atoms with Gasteiger partial charge in [-0.1, -0.05) is 0 Å². The van der Waals surface area contributed by atoms with Crippen LogP contribution in [0.2, 0.25) is 0 Å². The number of hydrogen-bond acceptors (Lipinski definition) is 2. The van der Waals surface area contributed by atoms with Gasteiger partial charge in [-0.15, -0.1) is 0 Å². The molecule has 0 bridgehead atoms. The zero-order valence-electron chi connectivity index (χ0n) is 5.68. The van der Waals surface area contributed by atoms with Crippen molar-refractivity contribution >= 4 is 11.1 Å². The van der Waals surface area contributed by atoms with Crippen molar-refractivity contribution in [1.29, 1.82) is 0 Å². The SMILES string of the molecule is O=c1[nH]c2cc3c(cc2o1)C3. The van der Waals surface area contributed by atoms with Gasteiger partial charge in [-0.05, 0) is 29.7 Å². The van der Waals surface area contributed by atoms with Gasteiger partial charge < -0.3 is 4.42 Å². The second-order valence-electron chi connectivity index (χ2n) is 2.81. The van der Waals surface area contributed by atoms with E-state index in [0.29, 0.717) is 5.58 Å². The summed E-state index contributed by atoms with van der Waals surface area (Å²) in [7, 11) is 0. The standard InChI is InChI=1S/C8H5NO2/c10-8-9-6-2-4-1-5(4)3-7(6)11-8/h2-3H,1H2,(H,9,10). The van der Waals surface area contributed by atoms with E-state index < -0.39 is 0 Å². The second kappa shape index (κ2) is 1.39. The monoisotopic (exact) mass is 147 g/mol. The first-order chi connectivity index (χ1) is 5.33. The fourth-order valence-electron chi connectivity index (χ4n) is 1.35. The third kappa shape index (κ3) is 0.596. The number of hydrogen-bond donors (Lipinski definition) is 1. The molecule has 1 aromatic heterocycles. The van der Waals surface area contributed by atoms with Crippen molar-refractivity contribution in [1.82, 2.24) is 4.98 Å². The first-order valence-corrected chi connectivity index (χ1v) is 3.47. The van der Waals surface area contributed by atoms with E-state index in [1.165, 1.54) is 11.1 Å². The molecule has 3 nitrogen and oxygen atoms in total. The molecule has 0 saturated carbocycles. The Bertz CT molecular complexity index is 450. The Morgan fingerprint density at radius 2 is 2.18 bits per heavy atom. The van der Waals surface area contributed by atoms with Crippen molar-refractivity contribution in [2.24, 2.45) is 0 Å². The number of oxazole rings is 1. The fraction of sp³-hybridized carbons (Fsp3) is 0.125. The van der Waals surface area contributed by atoms with Crippen LogP contribution in [0.15, 0.2) is 21.3 Å². The Balaban J connectivity index is 2.58. The van der Waals surface area contributed by atoms with Crippen molar-refractivity contribution in [2.75, 3.05) is 0 Å². The van der Waals surface area contributed by atoms with E-state index in [1.54, 1.807) is 0 Å². The lowest BCUT2D eigenvalue weighted by Gasteiger charge is -1.79. The van der Waals surface area contributed by atoms with Crippen LogP contribution in [0.3, 0.4) is 0 Å². The minimum atomic E-state index is -0.370. The maximum Gasteiger partial charge on any atom is 0.417 e. The summed E-state index contributed by atoms with van der Waals surface area (Å²) in [6, 6.07) is 3.89. The summed E-state index contributed by atoms with van der Waals surface area (Å²) in [6.07, 6.45) is 1.05. The van der Waals surface area contributed by atoms with Gasteiger partial charge in [0.2, 0.25) is 0 Å². The fourth-order valence-corrected chi connectivity index (χ4v) is 1.35. The molecule has 0 aliphatic heterocycles. The molecule has 0 spiro atoms. The van der Waals surface area contributed by atoms with Crippen LogP contribution in [0.4, 0.5) is 0 Å². The number of benzene rings is 1. The lowest BCUT2D eigenvalue weighted by atomic mass is 10.3. The van der Waals surface area contributed by atoms with Gasteiger partial charge in [0, 0.05) is 0 Å². The highest BCUT2D eigenvalue weighted by Crippen LogP contribution is 2.30. The normalized spacial score (nSPS) is 13.5.